The first-order valence-corrected chi connectivity index (χ1v) is 9.05. The van der Waals surface area contributed by atoms with Crippen molar-refractivity contribution in [3.63, 3.8) is 0 Å². The van der Waals surface area contributed by atoms with E-state index in [1.54, 1.807) is 0 Å². The zero-order valence-electron chi connectivity index (χ0n) is 15.0. The van der Waals surface area contributed by atoms with Crippen molar-refractivity contribution in [2.24, 2.45) is 0 Å². The number of amides is 1. The average molecular weight is 317 g/mol. The van der Waals surface area contributed by atoms with Gasteiger partial charge in [-0.3, -0.25) is 4.79 Å². The molecule has 23 heavy (non-hydrogen) atoms. The summed E-state index contributed by atoms with van der Waals surface area (Å²) in [6.07, 6.45) is 6.75. The van der Waals surface area contributed by atoms with Crippen LogP contribution in [0.2, 0.25) is 0 Å². The molecule has 1 fully saturated rings. The van der Waals surface area contributed by atoms with Crippen molar-refractivity contribution in [3.05, 3.63) is 29.3 Å². The molecule has 1 atom stereocenters. The molecule has 1 aromatic rings. The minimum atomic E-state index is -0.461. The van der Waals surface area contributed by atoms with Crippen LogP contribution in [0.15, 0.2) is 18.2 Å². The van der Waals surface area contributed by atoms with Gasteiger partial charge in [-0.1, -0.05) is 51.7 Å². The highest BCUT2D eigenvalue weighted by Gasteiger charge is 2.21. The van der Waals surface area contributed by atoms with Crippen molar-refractivity contribution in [1.29, 1.82) is 0 Å². The van der Waals surface area contributed by atoms with Gasteiger partial charge in [0.15, 0.2) is 6.10 Å². The highest BCUT2D eigenvalue weighted by atomic mass is 16.5. The summed E-state index contributed by atoms with van der Waals surface area (Å²) in [5.74, 6) is 1.22. The van der Waals surface area contributed by atoms with Gasteiger partial charge in [0.25, 0.3) is 5.91 Å². The zero-order valence-corrected chi connectivity index (χ0v) is 15.0. The fraction of sp³-hybridized carbons (Fsp3) is 0.650. The average Bonchev–Trinajstić information content (AvgIpc) is 2.75. The normalized spacial score (nSPS) is 17.6. The number of carbonyl (C=O) groups is 1. The molecule has 3 heteroatoms. The van der Waals surface area contributed by atoms with E-state index < -0.39 is 6.10 Å². The maximum absolute atomic E-state index is 12.5. The molecule has 0 bridgehead atoms. The van der Waals surface area contributed by atoms with Crippen molar-refractivity contribution >= 4 is 5.91 Å². The molecule has 0 saturated heterocycles. The lowest BCUT2D eigenvalue weighted by Crippen LogP contribution is -2.42. The molecular formula is C20H31NO2. The van der Waals surface area contributed by atoms with Gasteiger partial charge in [-0.05, 0) is 49.8 Å². The van der Waals surface area contributed by atoms with Crippen LogP contribution in [0.5, 0.6) is 5.75 Å². The zero-order chi connectivity index (χ0) is 16.8. The molecule has 1 N–H and O–H groups in total. The lowest BCUT2D eigenvalue weighted by molar-refractivity contribution is -0.128. The molecule has 0 radical (unpaired) electrons. The quantitative estimate of drug-likeness (QED) is 0.798. The molecular weight excluding hydrogens is 286 g/mol. The Kier molecular flexibility index (Phi) is 6.49. The van der Waals surface area contributed by atoms with Crippen molar-refractivity contribution in [1.82, 2.24) is 5.32 Å². The second-order valence-electron chi connectivity index (χ2n) is 7.15. The number of rotatable bonds is 5. The van der Waals surface area contributed by atoms with E-state index in [1.165, 1.54) is 25.7 Å². The maximum atomic E-state index is 12.5. The number of ether oxygens (including phenoxy) is 1. The van der Waals surface area contributed by atoms with E-state index >= 15 is 0 Å². The first-order chi connectivity index (χ1) is 11.0. The largest absolute Gasteiger partial charge is 0.481 e. The van der Waals surface area contributed by atoms with E-state index in [9.17, 15) is 4.79 Å². The summed E-state index contributed by atoms with van der Waals surface area (Å²) >= 11 is 0. The molecule has 2 rings (SSSR count). The van der Waals surface area contributed by atoms with Crippen LogP contribution < -0.4 is 10.1 Å². The van der Waals surface area contributed by atoms with Gasteiger partial charge in [-0.15, -0.1) is 0 Å². The van der Waals surface area contributed by atoms with Crippen LogP contribution in [0, 0.1) is 6.92 Å². The topological polar surface area (TPSA) is 38.3 Å². The van der Waals surface area contributed by atoms with E-state index in [4.69, 9.17) is 4.74 Å². The molecule has 0 unspecified atom stereocenters. The van der Waals surface area contributed by atoms with Crippen molar-refractivity contribution in [2.75, 3.05) is 0 Å². The molecule has 3 nitrogen and oxygen atoms in total. The summed E-state index contributed by atoms with van der Waals surface area (Å²) in [5, 5.41) is 3.18. The summed E-state index contributed by atoms with van der Waals surface area (Å²) in [6.45, 7) is 8.19. The number of carbonyl (C=O) groups excluding carboxylic acids is 1. The number of hydrogen-bond donors (Lipinski definition) is 1. The summed E-state index contributed by atoms with van der Waals surface area (Å²) in [5.41, 5.74) is 2.31. The molecule has 1 aliphatic carbocycles. The van der Waals surface area contributed by atoms with Gasteiger partial charge in [0.1, 0.15) is 5.75 Å². The van der Waals surface area contributed by atoms with Crippen LogP contribution in [0.1, 0.15) is 76.3 Å². The number of nitrogens with one attached hydrogen (secondary N) is 1. The third kappa shape index (κ3) is 5.26. The third-order valence-corrected chi connectivity index (χ3v) is 4.67. The minimum Gasteiger partial charge on any atom is -0.481 e. The Hall–Kier alpha value is -1.51. The van der Waals surface area contributed by atoms with Crippen molar-refractivity contribution in [3.8, 4) is 5.75 Å². The van der Waals surface area contributed by atoms with Gasteiger partial charge in [-0.2, -0.15) is 0 Å². The molecule has 0 spiro atoms. The van der Waals surface area contributed by atoms with Crippen LogP contribution >= 0.6 is 0 Å². The minimum absolute atomic E-state index is 0.00751. The van der Waals surface area contributed by atoms with E-state index in [0.717, 1.165) is 29.7 Å². The van der Waals surface area contributed by atoms with E-state index in [0.29, 0.717) is 12.0 Å². The van der Waals surface area contributed by atoms with E-state index in [1.807, 2.05) is 19.9 Å². The first kappa shape index (κ1) is 17.8. The fourth-order valence-electron chi connectivity index (χ4n) is 3.21. The Balaban J connectivity index is 1.99. The summed E-state index contributed by atoms with van der Waals surface area (Å²) < 4.78 is 6.01. The molecule has 1 saturated carbocycles. The van der Waals surface area contributed by atoms with Crippen LogP contribution in [-0.4, -0.2) is 18.1 Å². The van der Waals surface area contributed by atoms with Crippen LogP contribution in [0.25, 0.3) is 0 Å². The fourth-order valence-corrected chi connectivity index (χ4v) is 3.21. The molecule has 1 aliphatic rings. The van der Waals surface area contributed by atoms with Gasteiger partial charge in [0, 0.05) is 6.04 Å². The number of hydrogen-bond acceptors (Lipinski definition) is 2. The van der Waals surface area contributed by atoms with Crippen molar-refractivity contribution < 1.29 is 9.53 Å². The monoisotopic (exact) mass is 317 g/mol. The van der Waals surface area contributed by atoms with Gasteiger partial charge in [-0.25, -0.2) is 0 Å². The van der Waals surface area contributed by atoms with Crippen LogP contribution in [-0.2, 0) is 4.79 Å². The number of benzene rings is 1. The second kappa shape index (κ2) is 8.37. The third-order valence-electron chi connectivity index (χ3n) is 4.67. The molecule has 1 amide bonds. The predicted octanol–water partition coefficient (Wildman–Crippen LogP) is 4.72. The molecule has 0 aromatic heterocycles. The SMILES string of the molecule is Cc1ccc(C(C)C)c(O[C@@H](C)C(=O)NC2CCCCCC2)c1. The molecule has 0 heterocycles. The highest BCUT2D eigenvalue weighted by molar-refractivity contribution is 5.81. The van der Waals surface area contributed by atoms with Gasteiger partial charge >= 0.3 is 0 Å². The lowest BCUT2D eigenvalue weighted by Gasteiger charge is -2.22. The maximum Gasteiger partial charge on any atom is 0.260 e. The first-order valence-electron chi connectivity index (χ1n) is 9.05. The van der Waals surface area contributed by atoms with Crippen LogP contribution in [0.4, 0.5) is 0 Å². The Labute approximate surface area is 140 Å². The second-order valence-corrected chi connectivity index (χ2v) is 7.15. The predicted molar refractivity (Wildman–Crippen MR) is 95.0 cm³/mol. The van der Waals surface area contributed by atoms with Gasteiger partial charge in [0.2, 0.25) is 0 Å². The lowest BCUT2D eigenvalue weighted by atomic mass is 10.0. The summed E-state index contributed by atoms with van der Waals surface area (Å²) in [7, 11) is 0. The Morgan fingerprint density at radius 2 is 1.78 bits per heavy atom. The highest BCUT2D eigenvalue weighted by Crippen LogP contribution is 2.28. The van der Waals surface area contributed by atoms with Crippen molar-refractivity contribution in [2.45, 2.75) is 84.3 Å². The van der Waals surface area contributed by atoms with E-state index in [-0.39, 0.29) is 5.91 Å². The molecule has 0 aliphatic heterocycles. The molecule has 128 valence electrons. The Morgan fingerprint density at radius 1 is 1.13 bits per heavy atom. The number of aryl methyl sites for hydroxylation is 1. The summed E-state index contributed by atoms with van der Waals surface area (Å²) in [6, 6.07) is 6.55. The summed E-state index contributed by atoms with van der Waals surface area (Å²) in [4.78, 5) is 12.5. The van der Waals surface area contributed by atoms with Gasteiger partial charge < -0.3 is 10.1 Å². The smallest absolute Gasteiger partial charge is 0.260 e. The standard InChI is InChI=1S/C20H31NO2/c1-14(2)18-12-11-15(3)13-19(18)23-16(4)20(22)21-17-9-7-5-6-8-10-17/h11-14,16-17H,5-10H2,1-4H3,(H,21,22)/t16-/m0/s1. The Morgan fingerprint density at radius 3 is 2.39 bits per heavy atom. The van der Waals surface area contributed by atoms with Gasteiger partial charge in [0.05, 0.1) is 0 Å². The van der Waals surface area contributed by atoms with E-state index in [2.05, 4.69) is 31.3 Å². The van der Waals surface area contributed by atoms with Crippen LogP contribution in [0.3, 0.4) is 0 Å². The Bertz CT molecular complexity index is 516. The molecule has 1 aromatic carbocycles.